The molecule has 2 rings (SSSR count). The van der Waals surface area contributed by atoms with Crippen molar-refractivity contribution in [3.8, 4) is 11.8 Å². The number of rotatable bonds is 3. The van der Waals surface area contributed by atoms with Gasteiger partial charge < -0.3 is 10.5 Å². The number of nitrogens with two attached hydrogens (primary N) is 1. The highest BCUT2D eigenvalue weighted by atomic mass is 32.1. The van der Waals surface area contributed by atoms with Crippen molar-refractivity contribution in [3.05, 3.63) is 34.6 Å². The van der Waals surface area contributed by atoms with Gasteiger partial charge in [-0.2, -0.15) is 0 Å². The summed E-state index contributed by atoms with van der Waals surface area (Å²) in [5.74, 6) is 0.842. The number of aromatic nitrogens is 3. The first kappa shape index (κ1) is 12.5. The Kier molecular flexibility index (Phi) is 3.29. The zero-order valence-corrected chi connectivity index (χ0v) is 11.3. The molecule has 6 heteroatoms. The van der Waals surface area contributed by atoms with Gasteiger partial charge in [-0.3, -0.25) is 5.10 Å². The minimum Gasteiger partial charge on any atom is -0.418 e. The topological polar surface area (TPSA) is 76.8 Å². The molecule has 3 N–H and O–H groups in total. The number of hydrogen-bond acceptors (Lipinski definition) is 4. The molecule has 0 saturated carbocycles. The Bertz CT molecular complexity index is 606. The van der Waals surface area contributed by atoms with Crippen molar-refractivity contribution in [2.24, 2.45) is 5.73 Å². The Labute approximate surface area is 110 Å². The molecule has 94 valence electrons. The summed E-state index contributed by atoms with van der Waals surface area (Å²) in [4.78, 5) is 4.58. The predicted molar refractivity (Wildman–Crippen MR) is 73.0 cm³/mol. The molecule has 0 spiro atoms. The fraction of sp³-hybridized carbons (Fsp3) is 0.250. The lowest BCUT2D eigenvalue weighted by Crippen LogP contribution is -2.14. The monoisotopic (exact) mass is 262 g/mol. The van der Waals surface area contributed by atoms with Crippen LogP contribution in [0.15, 0.2) is 12.1 Å². The molecule has 0 bridgehead atoms. The Morgan fingerprint density at radius 2 is 2.06 bits per heavy atom. The van der Waals surface area contributed by atoms with Gasteiger partial charge in [0.25, 0.3) is 0 Å². The highest BCUT2D eigenvalue weighted by molar-refractivity contribution is 7.80. The zero-order chi connectivity index (χ0) is 13.3. The zero-order valence-electron chi connectivity index (χ0n) is 10.4. The number of nitrogens with one attached hydrogen (secondary N) is 1. The Hall–Kier alpha value is -1.95. The van der Waals surface area contributed by atoms with Crippen molar-refractivity contribution in [3.63, 3.8) is 0 Å². The fourth-order valence-corrected chi connectivity index (χ4v) is 1.97. The normalized spacial score (nSPS) is 10.4. The molecule has 0 unspecified atom stereocenters. The molecule has 5 nitrogen and oxygen atoms in total. The van der Waals surface area contributed by atoms with Gasteiger partial charge in [0.1, 0.15) is 4.99 Å². The SMILES string of the molecule is Cc1cc(C)c(C(N)=S)c(Oc2cc(C)[nH]n2)n1. The van der Waals surface area contributed by atoms with Crippen LogP contribution in [0.5, 0.6) is 11.8 Å². The molecule has 2 heterocycles. The first-order valence-electron chi connectivity index (χ1n) is 5.45. The van der Waals surface area contributed by atoms with E-state index in [-0.39, 0.29) is 4.99 Å². The van der Waals surface area contributed by atoms with Crippen molar-refractivity contribution < 1.29 is 4.74 Å². The lowest BCUT2D eigenvalue weighted by Gasteiger charge is -2.10. The lowest BCUT2D eigenvalue weighted by atomic mass is 10.1. The quantitative estimate of drug-likeness (QED) is 0.829. The van der Waals surface area contributed by atoms with Gasteiger partial charge in [-0.15, -0.1) is 5.10 Å². The van der Waals surface area contributed by atoms with Crippen molar-refractivity contribution >= 4 is 17.2 Å². The highest BCUT2D eigenvalue weighted by Crippen LogP contribution is 2.25. The third-order valence-electron chi connectivity index (χ3n) is 2.44. The number of thiocarbonyl (C=S) groups is 1. The van der Waals surface area contributed by atoms with E-state index in [0.29, 0.717) is 17.3 Å². The molecular weight excluding hydrogens is 248 g/mol. The first-order valence-corrected chi connectivity index (χ1v) is 5.86. The van der Waals surface area contributed by atoms with Crippen LogP contribution in [0.1, 0.15) is 22.5 Å². The molecule has 0 saturated heterocycles. The van der Waals surface area contributed by atoms with E-state index in [1.54, 1.807) is 6.07 Å². The van der Waals surface area contributed by atoms with E-state index >= 15 is 0 Å². The summed E-state index contributed by atoms with van der Waals surface area (Å²) in [6.45, 7) is 5.70. The van der Waals surface area contributed by atoms with Crippen LogP contribution in [-0.2, 0) is 0 Å². The lowest BCUT2D eigenvalue weighted by molar-refractivity contribution is 0.441. The van der Waals surface area contributed by atoms with Crippen LogP contribution in [0.2, 0.25) is 0 Å². The summed E-state index contributed by atoms with van der Waals surface area (Å²) in [5, 5.41) is 6.80. The number of hydrogen-bond donors (Lipinski definition) is 2. The van der Waals surface area contributed by atoms with Gasteiger partial charge >= 0.3 is 0 Å². The average molecular weight is 262 g/mol. The van der Waals surface area contributed by atoms with Crippen LogP contribution in [0.3, 0.4) is 0 Å². The van der Waals surface area contributed by atoms with Gasteiger partial charge in [0.05, 0.1) is 5.56 Å². The van der Waals surface area contributed by atoms with Gasteiger partial charge in [0.2, 0.25) is 11.8 Å². The molecule has 0 fully saturated rings. The van der Waals surface area contributed by atoms with Gasteiger partial charge in [0, 0.05) is 17.5 Å². The Balaban J connectivity index is 2.45. The van der Waals surface area contributed by atoms with Crippen LogP contribution >= 0.6 is 12.2 Å². The molecule has 0 radical (unpaired) electrons. The summed E-state index contributed by atoms with van der Waals surface area (Å²) in [5.41, 5.74) is 9.05. The maximum Gasteiger partial charge on any atom is 0.240 e. The molecule has 0 aromatic carbocycles. The standard InChI is InChI=1S/C12H14N4OS/c1-6-4-7(2)14-12(10(6)11(13)18)17-9-5-8(3)15-16-9/h4-5H,1-3H3,(H2,13,18)(H,15,16). The van der Waals surface area contributed by atoms with Crippen LogP contribution < -0.4 is 10.5 Å². The molecule has 0 aliphatic rings. The Morgan fingerprint density at radius 1 is 1.33 bits per heavy atom. The maximum atomic E-state index is 5.71. The molecule has 0 aliphatic heterocycles. The van der Waals surface area contributed by atoms with Gasteiger partial charge in [-0.1, -0.05) is 12.2 Å². The second kappa shape index (κ2) is 4.73. The number of H-pyrrole nitrogens is 1. The summed E-state index contributed by atoms with van der Waals surface area (Å²) in [6.07, 6.45) is 0. The van der Waals surface area contributed by atoms with Gasteiger partial charge in [0.15, 0.2) is 0 Å². The molecule has 2 aromatic rings. The van der Waals surface area contributed by atoms with Crippen molar-refractivity contribution in [1.82, 2.24) is 15.2 Å². The van der Waals surface area contributed by atoms with E-state index in [4.69, 9.17) is 22.7 Å². The maximum absolute atomic E-state index is 5.71. The predicted octanol–water partition coefficient (Wildman–Crippen LogP) is 2.16. The minimum atomic E-state index is 0.266. The Morgan fingerprint density at radius 3 is 2.61 bits per heavy atom. The second-order valence-electron chi connectivity index (χ2n) is 4.12. The summed E-state index contributed by atoms with van der Waals surface area (Å²) < 4.78 is 5.63. The van der Waals surface area contributed by atoms with E-state index in [9.17, 15) is 0 Å². The van der Waals surface area contributed by atoms with Crippen LogP contribution in [-0.4, -0.2) is 20.2 Å². The van der Waals surface area contributed by atoms with Crippen LogP contribution in [0, 0.1) is 20.8 Å². The van der Waals surface area contributed by atoms with Crippen LogP contribution in [0.25, 0.3) is 0 Å². The summed E-state index contributed by atoms with van der Waals surface area (Å²) in [7, 11) is 0. The summed E-state index contributed by atoms with van der Waals surface area (Å²) >= 11 is 5.03. The highest BCUT2D eigenvalue weighted by Gasteiger charge is 2.14. The molecule has 0 amide bonds. The number of ether oxygens (including phenoxy) is 1. The first-order chi connectivity index (χ1) is 8.47. The third kappa shape index (κ3) is 2.48. The molecule has 0 atom stereocenters. The van der Waals surface area contributed by atoms with Crippen molar-refractivity contribution in [2.75, 3.05) is 0 Å². The number of aromatic amines is 1. The smallest absolute Gasteiger partial charge is 0.240 e. The molecule has 2 aromatic heterocycles. The minimum absolute atomic E-state index is 0.266. The van der Waals surface area contributed by atoms with E-state index < -0.39 is 0 Å². The van der Waals surface area contributed by atoms with Crippen LogP contribution in [0.4, 0.5) is 0 Å². The van der Waals surface area contributed by atoms with Gasteiger partial charge in [-0.25, -0.2) is 4.98 Å². The molecule has 0 aliphatic carbocycles. The van der Waals surface area contributed by atoms with Gasteiger partial charge in [-0.05, 0) is 32.4 Å². The largest absolute Gasteiger partial charge is 0.418 e. The van der Waals surface area contributed by atoms with Crippen molar-refractivity contribution in [1.29, 1.82) is 0 Å². The number of nitrogens with zero attached hydrogens (tertiary/aromatic N) is 2. The number of pyridine rings is 1. The van der Waals surface area contributed by atoms with Crippen molar-refractivity contribution in [2.45, 2.75) is 20.8 Å². The summed E-state index contributed by atoms with van der Waals surface area (Å²) in [6, 6.07) is 3.69. The second-order valence-corrected chi connectivity index (χ2v) is 4.56. The fourth-order valence-electron chi connectivity index (χ4n) is 1.72. The van der Waals surface area contributed by atoms with E-state index in [1.807, 2.05) is 26.8 Å². The van der Waals surface area contributed by atoms with E-state index in [0.717, 1.165) is 17.0 Å². The third-order valence-corrected chi connectivity index (χ3v) is 2.65. The van der Waals surface area contributed by atoms with E-state index in [1.165, 1.54) is 0 Å². The van der Waals surface area contributed by atoms with E-state index in [2.05, 4.69) is 15.2 Å². The molecular formula is C12H14N4OS. The molecule has 18 heavy (non-hydrogen) atoms. The number of aryl methyl sites for hydroxylation is 3. The average Bonchev–Trinajstić information content (AvgIpc) is 2.62.